The highest BCUT2D eigenvalue weighted by Gasteiger charge is 2.52. The number of alkyl carbamates (subject to hydrolysis) is 1. The second kappa shape index (κ2) is 9.47. The molecule has 0 unspecified atom stereocenters. The third kappa shape index (κ3) is 5.50. The van der Waals surface area contributed by atoms with E-state index >= 15 is 0 Å². The zero-order valence-electron chi connectivity index (χ0n) is 18.7. The number of carbonyl (C=O) groups is 1. The van der Waals surface area contributed by atoms with E-state index in [1.54, 1.807) is 12.1 Å². The molecule has 2 N–H and O–H groups in total. The van der Waals surface area contributed by atoms with Crippen molar-refractivity contribution in [2.45, 2.75) is 45.5 Å². The Morgan fingerprint density at radius 3 is 2.44 bits per heavy atom. The van der Waals surface area contributed by atoms with Gasteiger partial charge in [0.05, 0.1) is 22.8 Å². The molecule has 32 heavy (non-hydrogen) atoms. The fourth-order valence-corrected chi connectivity index (χ4v) is 3.08. The van der Waals surface area contributed by atoms with Crippen LogP contribution in [0.4, 0.5) is 4.79 Å². The lowest BCUT2D eigenvalue weighted by Crippen LogP contribution is -2.41. The van der Waals surface area contributed by atoms with Crippen LogP contribution in [0.2, 0.25) is 0 Å². The molecule has 1 aliphatic heterocycles. The van der Waals surface area contributed by atoms with Crippen LogP contribution in [-0.4, -0.2) is 36.1 Å². The fraction of sp³-hybridized carbons (Fsp3) is 0.333. The zero-order valence-corrected chi connectivity index (χ0v) is 18.7. The molecule has 3 rings (SSSR count). The Kier molecular flexibility index (Phi) is 6.92. The number of nitriles is 1. The van der Waals surface area contributed by atoms with E-state index in [4.69, 9.17) is 14.0 Å². The number of benzene rings is 2. The lowest BCUT2D eigenvalue weighted by molar-refractivity contribution is 0.00578. The molecule has 1 amide bonds. The first kappa shape index (κ1) is 23.4. The highest BCUT2D eigenvalue weighted by Crippen LogP contribution is 2.39. The summed E-state index contributed by atoms with van der Waals surface area (Å²) in [5, 5.41) is 22.2. The van der Waals surface area contributed by atoms with Crippen LogP contribution < -0.4 is 5.32 Å². The summed E-state index contributed by atoms with van der Waals surface area (Å²) in [6.07, 6.45) is 1.07. The number of amides is 1. The van der Waals surface area contributed by atoms with Crippen LogP contribution >= 0.6 is 0 Å². The Balaban J connectivity index is 1.78. The first-order chi connectivity index (χ1) is 15.1. The molecule has 0 aliphatic carbocycles. The van der Waals surface area contributed by atoms with Crippen LogP contribution in [0.5, 0.6) is 5.75 Å². The van der Waals surface area contributed by atoms with Crippen molar-refractivity contribution in [2.24, 2.45) is 0 Å². The van der Waals surface area contributed by atoms with Gasteiger partial charge in [-0.3, -0.25) is 0 Å². The molecule has 1 heterocycles. The number of aromatic hydroxyl groups is 1. The summed E-state index contributed by atoms with van der Waals surface area (Å²) in [5.74, 6) is 0.00433. The standard InChI is InChI=1S/C24H27BN2O5/c1-23(2)24(3,4)32-25(31-23)20(13-19-12-18(14-26)10-11-21(19)28)15-27-22(29)30-16-17-8-6-5-7-9-17/h5-13,28H,15-16H2,1-4H3,(H,27,29). The molecule has 0 radical (unpaired) electrons. The monoisotopic (exact) mass is 434 g/mol. The normalized spacial score (nSPS) is 17.0. The number of hydrogen-bond donors (Lipinski definition) is 2. The molecule has 0 saturated carbocycles. The first-order valence-electron chi connectivity index (χ1n) is 10.3. The third-order valence-corrected chi connectivity index (χ3v) is 5.70. The van der Waals surface area contributed by atoms with E-state index in [0.29, 0.717) is 16.6 Å². The molecule has 166 valence electrons. The van der Waals surface area contributed by atoms with Gasteiger partial charge >= 0.3 is 13.2 Å². The summed E-state index contributed by atoms with van der Waals surface area (Å²) in [6, 6.07) is 16.0. The Morgan fingerprint density at radius 1 is 1.16 bits per heavy atom. The van der Waals surface area contributed by atoms with Crippen LogP contribution in [0.3, 0.4) is 0 Å². The Labute approximate surface area is 188 Å². The van der Waals surface area contributed by atoms with E-state index in [9.17, 15) is 15.2 Å². The van der Waals surface area contributed by atoms with Crippen molar-refractivity contribution in [1.29, 1.82) is 5.26 Å². The minimum atomic E-state index is -0.750. The minimum absolute atomic E-state index is 0.00433. The summed E-state index contributed by atoms with van der Waals surface area (Å²) >= 11 is 0. The molecular formula is C24H27BN2O5. The third-order valence-electron chi connectivity index (χ3n) is 5.70. The van der Waals surface area contributed by atoms with E-state index in [1.807, 2.05) is 58.0 Å². The van der Waals surface area contributed by atoms with Crippen LogP contribution in [0.25, 0.3) is 6.08 Å². The van der Waals surface area contributed by atoms with Crippen molar-refractivity contribution in [3.63, 3.8) is 0 Å². The number of hydrogen-bond acceptors (Lipinski definition) is 6. The number of phenolic OH excluding ortho intramolecular Hbond substituents is 1. The van der Waals surface area contributed by atoms with Crippen molar-refractivity contribution in [1.82, 2.24) is 5.32 Å². The summed E-state index contributed by atoms with van der Waals surface area (Å²) in [5.41, 5.74) is 1.11. The minimum Gasteiger partial charge on any atom is -0.507 e. The van der Waals surface area contributed by atoms with Gasteiger partial charge < -0.3 is 24.5 Å². The second-order valence-electron chi connectivity index (χ2n) is 8.61. The average molecular weight is 434 g/mol. The Bertz CT molecular complexity index is 1030. The summed E-state index contributed by atoms with van der Waals surface area (Å²) in [7, 11) is -0.750. The lowest BCUT2D eigenvalue weighted by Gasteiger charge is -2.32. The SMILES string of the molecule is CC1(C)OB(C(=Cc2cc(C#N)ccc2O)CNC(=O)OCc2ccccc2)OC1(C)C. The number of nitrogens with one attached hydrogen (secondary N) is 1. The maximum absolute atomic E-state index is 12.3. The van der Waals surface area contributed by atoms with Crippen molar-refractivity contribution in [3.8, 4) is 11.8 Å². The van der Waals surface area contributed by atoms with Crippen molar-refractivity contribution in [3.05, 3.63) is 70.7 Å². The highest BCUT2D eigenvalue weighted by atomic mass is 16.7. The lowest BCUT2D eigenvalue weighted by atomic mass is 9.77. The topological polar surface area (TPSA) is 101 Å². The van der Waals surface area contributed by atoms with Gasteiger partial charge in [0.1, 0.15) is 12.4 Å². The second-order valence-corrected chi connectivity index (χ2v) is 8.61. The van der Waals surface area contributed by atoms with E-state index in [1.165, 1.54) is 12.1 Å². The quantitative estimate of drug-likeness (QED) is 0.661. The number of carbonyl (C=O) groups excluding carboxylic acids is 1. The zero-order chi connectivity index (χ0) is 23.4. The van der Waals surface area contributed by atoms with Gasteiger partial charge in [-0.15, -0.1) is 0 Å². The van der Waals surface area contributed by atoms with Gasteiger partial charge in [-0.1, -0.05) is 36.4 Å². The molecular weight excluding hydrogens is 407 g/mol. The molecule has 1 saturated heterocycles. The van der Waals surface area contributed by atoms with E-state index in [0.717, 1.165) is 5.56 Å². The largest absolute Gasteiger partial charge is 0.507 e. The molecule has 8 heteroatoms. The van der Waals surface area contributed by atoms with Gasteiger partial charge in [0.2, 0.25) is 0 Å². The molecule has 1 aliphatic rings. The first-order valence-corrected chi connectivity index (χ1v) is 10.3. The van der Waals surface area contributed by atoms with E-state index in [2.05, 4.69) is 11.4 Å². The summed E-state index contributed by atoms with van der Waals surface area (Å²) < 4.78 is 17.5. The molecule has 0 atom stereocenters. The van der Waals surface area contributed by atoms with Crippen LogP contribution in [0.1, 0.15) is 44.4 Å². The number of phenols is 1. The van der Waals surface area contributed by atoms with Gasteiger partial charge in [-0.05, 0) is 56.9 Å². The number of nitrogens with zero attached hydrogens (tertiary/aromatic N) is 1. The van der Waals surface area contributed by atoms with E-state index in [-0.39, 0.29) is 18.9 Å². The van der Waals surface area contributed by atoms with Gasteiger partial charge in [-0.25, -0.2) is 4.79 Å². The van der Waals surface area contributed by atoms with Crippen molar-refractivity contribution >= 4 is 19.3 Å². The predicted molar refractivity (Wildman–Crippen MR) is 122 cm³/mol. The van der Waals surface area contributed by atoms with Gasteiger partial charge in [0, 0.05) is 12.1 Å². The van der Waals surface area contributed by atoms with Crippen molar-refractivity contribution in [2.75, 3.05) is 6.54 Å². The van der Waals surface area contributed by atoms with Crippen molar-refractivity contribution < 1.29 is 23.9 Å². The highest BCUT2D eigenvalue weighted by molar-refractivity contribution is 6.56. The Hall–Kier alpha value is -3.28. The maximum atomic E-state index is 12.3. The molecule has 2 aromatic rings. The summed E-state index contributed by atoms with van der Waals surface area (Å²) in [6.45, 7) is 7.94. The van der Waals surface area contributed by atoms with Crippen LogP contribution in [0, 0.1) is 11.3 Å². The molecule has 0 spiro atoms. The molecule has 0 aromatic heterocycles. The van der Waals surface area contributed by atoms with E-state index < -0.39 is 24.4 Å². The number of ether oxygens (including phenoxy) is 1. The molecule has 0 bridgehead atoms. The summed E-state index contributed by atoms with van der Waals surface area (Å²) in [4.78, 5) is 12.3. The smallest absolute Gasteiger partial charge is 0.492 e. The maximum Gasteiger partial charge on any atom is 0.492 e. The Morgan fingerprint density at radius 2 is 1.81 bits per heavy atom. The van der Waals surface area contributed by atoms with Crippen LogP contribution in [-0.2, 0) is 20.7 Å². The average Bonchev–Trinajstić information content (AvgIpc) is 2.98. The predicted octanol–water partition coefficient (Wildman–Crippen LogP) is 4.21. The molecule has 7 nitrogen and oxygen atoms in total. The van der Waals surface area contributed by atoms with Gasteiger partial charge in [0.15, 0.2) is 0 Å². The van der Waals surface area contributed by atoms with Gasteiger partial charge in [-0.2, -0.15) is 5.26 Å². The molecule has 1 fully saturated rings. The van der Waals surface area contributed by atoms with Crippen LogP contribution in [0.15, 0.2) is 54.0 Å². The molecule has 2 aromatic carbocycles. The fourth-order valence-electron chi connectivity index (χ4n) is 3.08. The van der Waals surface area contributed by atoms with Gasteiger partial charge in [0.25, 0.3) is 0 Å². The number of rotatable bonds is 6.